The average molecular weight is 220 g/mol. The van der Waals surface area contributed by atoms with Gasteiger partial charge in [0.2, 0.25) is 5.96 Å². The first-order valence-corrected chi connectivity index (χ1v) is 5.04. The van der Waals surface area contributed by atoms with Crippen molar-refractivity contribution < 1.29 is 0 Å². The molecule has 0 spiro atoms. The molecular weight excluding hydrogens is 208 g/mol. The Balaban J connectivity index is 2.74. The minimum absolute atomic E-state index is 0.631. The molecule has 0 unspecified atom stereocenters. The topological polar surface area (TPSA) is 42.2 Å². The molecule has 1 N–H and O–H groups in total. The van der Waals surface area contributed by atoms with Gasteiger partial charge in [-0.05, 0) is 12.1 Å². The zero-order valence-electron chi connectivity index (χ0n) is 8.60. The fraction of sp³-hybridized carbons (Fsp3) is 0.200. The summed E-state index contributed by atoms with van der Waals surface area (Å²) in [6.45, 7) is 0. The second-order valence-corrected chi connectivity index (χ2v) is 3.43. The highest BCUT2D eigenvalue weighted by Crippen LogP contribution is 2.17. The number of hydrogen-bond acceptors (Lipinski definition) is 3. The summed E-state index contributed by atoms with van der Waals surface area (Å²) in [7, 11) is 3.55. The van der Waals surface area contributed by atoms with Crippen LogP contribution >= 0.6 is 12.6 Å². The zero-order valence-corrected chi connectivity index (χ0v) is 9.49. The van der Waals surface area contributed by atoms with Gasteiger partial charge in [-0.3, -0.25) is 9.56 Å². The summed E-state index contributed by atoms with van der Waals surface area (Å²) in [4.78, 5) is 8.48. The van der Waals surface area contributed by atoms with Crippen molar-refractivity contribution in [1.29, 1.82) is 0 Å². The summed E-state index contributed by atoms with van der Waals surface area (Å²) in [5.41, 5.74) is 1.91. The van der Waals surface area contributed by atoms with Gasteiger partial charge in [-0.25, -0.2) is 4.98 Å². The van der Waals surface area contributed by atoms with Crippen LogP contribution < -0.4 is 5.32 Å². The average Bonchev–Trinajstić information content (AvgIpc) is 2.58. The molecule has 2 aromatic rings. The van der Waals surface area contributed by atoms with Crippen molar-refractivity contribution >= 4 is 29.6 Å². The van der Waals surface area contributed by atoms with Gasteiger partial charge < -0.3 is 5.32 Å². The maximum Gasteiger partial charge on any atom is 0.204 e. The number of aliphatic imine (C=N–C) groups is 1. The highest BCUT2D eigenvalue weighted by Gasteiger charge is 2.10. The van der Waals surface area contributed by atoms with Crippen LogP contribution in [0.15, 0.2) is 34.4 Å². The van der Waals surface area contributed by atoms with E-state index in [2.05, 4.69) is 27.9 Å². The number of para-hydroxylation sites is 2. The third kappa shape index (κ3) is 1.59. The molecule has 1 heterocycles. The molecular formula is C10H12N4S. The molecule has 15 heavy (non-hydrogen) atoms. The van der Waals surface area contributed by atoms with E-state index in [1.165, 1.54) is 0 Å². The van der Waals surface area contributed by atoms with Crippen molar-refractivity contribution in [1.82, 2.24) is 14.9 Å². The Kier molecular flexibility index (Phi) is 2.64. The summed E-state index contributed by atoms with van der Waals surface area (Å²) in [5.74, 6) is 0.730. The first-order chi connectivity index (χ1) is 7.27. The number of rotatable bonds is 0. The molecule has 0 aliphatic heterocycles. The molecule has 0 fully saturated rings. The first-order valence-electron chi connectivity index (χ1n) is 4.59. The van der Waals surface area contributed by atoms with Gasteiger partial charge in [0.1, 0.15) is 0 Å². The highest BCUT2D eigenvalue weighted by atomic mass is 32.1. The Morgan fingerprint density at radius 3 is 2.87 bits per heavy atom. The summed E-state index contributed by atoms with van der Waals surface area (Å²) in [6.07, 6.45) is 0. The normalized spacial score (nSPS) is 12.1. The molecule has 0 atom stereocenters. The van der Waals surface area contributed by atoms with E-state index >= 15 is 0 Å². The van der Waals surface area contributed by atoms with Gasteiger partial charge in [0.15, 0.2) is 5.16 Å². The quantitative estimate of drug-likeness (QED) is 0.400. The van der Waals surface area contributed by atoms with Gasteiger partial charge in [0.05, 0.1) is 11.0 Å². The van der Waals surface area contributed by atoms with Crippen LogP contribution in [0.2, 0.25) is 0 Å². The third-order valence-electron chi connectivity index (χ3n) is 2.19. The molecule has 1 aromatic carbocycles. The van der Waals surface area contributed by atoms with Crippen molar-refractivity contribution in [2.75, 3.05) is 14.1 Å². The van der Waals surface area contributed by atoms with Crippen LogP contribution in [-0.4, -0.2) is 29.6 Å². The number of nitrogens with one attached hydrogen (secondary N) is 1. The van der Waals surface area contributed by atoms with E-state index in [0.29, 0.717) is 5.16 Å². The number of aromatic nitrogens is 2. The maximum absolute atomic E-state index is 4.34. The van der Waals surface area contributed by atoms with Gasteiger partial charge >= 0.3 is 0 Å². The predicted molar refractivity (Wildman–Crippen MR) is 64.8 cm³/mol. The SMILES string of the molecule is CN=C(NC)n1c(S)nc2ccccc21. The number of nitrogens with zero attached hydrogens (tertiary/aromatic N) is 3. The standard InChI is InChI=1S/C10H12N4S/c1-11-9(12-2)14-8-6-4-3-5-7(8)13-10(14)15/h3-6H,1-2H3,(H,11,12)(H,13,15). The number of fused-ring (bicyclic) bond motifs is 1. The van der Waals surface area contributed by atoms with E-state index in [1.807, 2.05) is 35.9 Å². The van der Waals surface area contributed by atoms with Crippen LogP contribution in [0, 0.1) is 0 Å². The second-order valence-electron chi connectivity index (χ2n) is 3.03. The van der Waals surface area contributed by atoms with Crippen molar-refractivity contribution in [3.63, 3.8) is 0 Å². The third-order valence-corrected chi connectivity index (χ3v) is 2.49. The van der Waals surface area contributed by atoms with E-state index in [0.717, 1.165) is 17.0 Å². The van der Waals surface area contributed by atoms with Crippen LogP contribution in [0.4, 0.5) is 0 Å². The number of benzene rings is 1. The lowest BCUT2D eigenvalue weighted by Crippen LogP contribution is -2.26. The summed E-state index contributed by atoms with van der Waals surface area (Å²) in [6, 6.07) is 7.87. The number of thiol groups is 1. The lowest BCUT2D eigenvalue weighted by molar-refractivity contribution is 0.912. The van der Waals surface area contributed by atoms with Gasteiger partial charge in [0, 0.05) is 14.1 Å². The Bertz CT molecular complexity index is 515. The maximum atomic E-state index is 4.34. The largest absolute Gasteiger partial charge is 0.359 e. The number of hydrogen-bond donors (Lipinski definition) is 2. The molecule has 4 nitrogen and oxygen atoms in total. The van der Waals surface area contributed by atoms with E-state index < -0.39 is 0 Å². The smallest absolute Gasteiger partial charge is 0.204 e. The monoisotopic (exact) mass is 220 g/mol. The summed E-state index contributed by atoms with van der Waals surface area (Å²) in [5, 5.41) is 3.64. The predicted octanol–water partition coefficient (Wildman–Crippen LogP) is 1.38. The lowest BCUT2D eigenvalue weighted by atomic mass is 10.3. The molecule has 5 heteroatoms. The first kappa shape index (κ1) is 10.0. The molecule has 2 rings (SSSR count). The Hall–Kier alpha value is -1.49. The van der Waals surface area contributed by atoms with Crippen molar-refractivity contribution in [3.8, 4) is 0 Å². The second kappa shape index (κ2) is 3.94. The van der Waals surface area contributed by atoms with Gasteiger partial charge in [-0.1, -0.05) is 12.1 Å². The molecule has 0 amide bonds. The van der Waals surface area contributed by atoms with Crippen molar-refractivity contribution in [3.05, 3.63) is 24.3 Å². The van der Waals surface area contributed by atoms with Crippen LogP contribution in [0.25, 0.3) is 11.0 Å². The van der Waals surface area contributed by atoms with Crippen LogP contribution in [0.3, 0.4) is 0 Å². The zero-order chi connectivity index (χ0) is 10.8. The van der Waals surface area contributed by atoms with Crippen molar-refractivity contribution in [2.24, 2.45) is 4.99 Å². The molecule has 0 aliphatic rings. The van der Waals surface area contributed by atoms with Gasteiger partial charge in [-0.15, -0.1) is 12.6 Å². The van der Waals surface area contributed by atoms with E-state index in [-0.39, 0.29) is 0 Å². The summed E-state index contributed by atoms with van der Waals surface area (Å²) < 4.78 is 1.87. The fourth-order valence-electron chi connectivity index (χ4n) is 1.55. The molecule has 0 aliphatic carbocycles. The minimum Gasteiger partial charge on any atom is -0.359 e. The van der Waals surface area contributed by atoms with Crippen molar-refractivity contribution in [2.45, 2.75) is 5.16 Å². The van der Waals surface area contributed by atoms with Gasteiger partial charge in [0.25, 0.3) is 0 Å². The number of imidazole rings is 1. The molecule has 0 saturated heterocycles. The van der Waals surface area contributed by atoms with Gasteiger partial charge in [-0.2, -0.15) is 0 Å². The Morgan fingerprint density at radius 2 is 2.20 bits per heavy atom. The van der Waals surface area contributed by atoms with Crippen LogP contribution in [0.1, 0.15) is 0 Å². The highest BCUT2D eigenvalue weighted by molar-refractivity contribution is 7.80. The Morgan fingerprint density at radius 1 is 1.47 bits per heavy atom. The fourth-order valence-corrected chi connectivity index (χ4v) is 1.86. The Labute approximate surface area is 93.4 Å². The molecule has 0 radical (unpaired) electrons. The minimum atomic E-state index is 0.631. The molecule has 0 saturated carbocycles. The lowest BCUT2D eigenvalue weighted by Gasteiger charge is -2.07. The van der Waals surface area contributed by atoms with E-state index in [1.54, 1.807) is 7.05 Å². The summed E-state index contributed by atoms with van der Waals surface area (Å²) >= 11 is 4.33. The van der Waals surface area contributed by atoms with Crippen LogP contribution in [-0.2, 0) is 0 Å². The molecule has 1 aromatic heterocycles. The van der Waals surface area contributed by atoms with E-state index in [4.69, 9.17) is 0 Å². The van der Waals surface area contributed by atoms with Crippen LogP contribution in [0.5, 0.6) is 0 Å². The molecule has 0 bridgehead atoms. The molecule has 78 valence electrons. The van der Waals surface area contributed by atoms with E-state index in [9.17, 15) is 0 Å².